The zero-order valence-electron chi connectivity index (χ0n) is 11.0. The monoisotopic (exact) mass is 275 g/mol. The van der Waals surface area contributed by atoms with E-state index in [0.717, 1.165) is 16.8 Å². The number of nitrogens with two attached hydrogens (primary N) is 1. The molecule has 2 unspecified atom stereocenters. The van der Waals surface area contributed by atoms with Gasteiger partial charge in [0.05, 0.1) is 15.4 Å². The maximum atomic E-state index is 11.6. The van der Waals surface area contributed by atoms with Crippen molar-refractivity contribution in [2.75, 3.05) is 6.26 Å². The summed E-state index contributed by atoms with van der Waals surface area (Å²) >= 11 is 0. The van der Waals surface area contributed by atoms with Gasteiger partial charge in [0.1, 0.15) is 0 Å². The van der Waals surface area contributed by atoms with Crippen LogP contribution in [0.2, 0.25) is 0 Å². The molecule has 0 fully saturated rings. The largest absolute Gasteiger partial charge is 0.323 e. The normalized spacial score (nSPS) is 15.7. The van der Waals surface area contributed by atoms with Crippen molar-refractivity contribution in [1.29, 1.82) is 4.78 Å². The summed E-state index contributed by atoms with van der Waals surface area (Å²) in [4.78, 5) is 4.85. The fraction of sp³-hybridized carbons (Fsp3) is 0.214. The van der Waals surface area contributed by atoms with Crippen LogP contribution in [0.15, 0.2) is 47.5 Å². The van der Waals surface area contributed by atoms with Gasteiger partial charge >= 0.3 is 0 Å². The van der Waals surface area contributed by atoms with Crippen LogP contribution in [-0.2, 0) is 9.73 Å². The van der Waals surface area contributed by atoms with Crippen LogP contribution >= 0.6 is 0 Å². The van der Waals surface area contributed by atoms with Crippen molar-refractivity contribution in [3.8, 4) is 11.1 Å². The number of nitrogens with zero attached hydrogens (tertiary/aromatic N) is 1. The van der Waals surface area contributed by atoms with E-state index < -0.39 is 9.73 Å². The second-order valence-electron chi connectivity index (χ2n) is 4.63. The maximum absolute atomic E-state index is 11.6. The van der Waals surface area contributed by atoms with Crippen LogP contribution in [0, 0.1) is 4.78 Å². The third-order valence-corrected chi connectivity index (χ3v) is 4.06. The molecule has 2 rings (SSSR count). The molecule has 1 heterocycles. The highest BCUT2D eigenvalue weighted by atomic mass is 32.2. The maximum Gasteiger partial charge on any atom is 0.0696 e. The van der Waals surface area contributed by atoms with E-state index in [2.05, 4.69) is 4.98 Å². The Balaban J connectivity index is 2.32. The van der Waals surface area contributed by atoms with Gasteiger partial charge in [-0.25, -0.2) is 8.99 Å². The minimum Gasteiger partial charge on any atom is -0.323 e. The van der Waals surface area contributed by atoms with Gasteiger partial charge in [0.2, 0.25) is 0 Å². The molecule has 0 radical (unpaired) electrons. The Morgan fingerprint density at radius 2 is 1.74 bits per heavy atom. The average Bonchev–Trinajstić information content (AvgIpc) is 2.38. The van der Waals surface area contributed by atoms with Gasteiger partial charge < -0.3 is 5.73 Å². The molecule has 0 bridgehead atoms. The summed E-state index contributed by atoms with van der Waals surface area (Å²) in [6, 6.07) is 11.0. The van der Waals surface area contributed by atoms with Gasteiger partial charge in [-0.1, -0.05) is 18.2 Å². The number of nitrogens with one attached hydrogen (secondary N) is 1. The van der Waals surface area contributed by atoms with Crippen molar-refractivity contribution in [2.24, 2.45) is 5.73 Å². The first-order valence-corrected chi connectivity index (χ1v) is 7.90. The van der Waals surface area contributed by atoms with E-state index in [0.29, 0.717) is 4.90 Å². The van der Waals surface area contributed by atoms with Crippen LogP contribution < -0.4 is 5.73 Å². The first-order valence-electron chi connectivity index (χ1n) is 5.94. The minimum atomic E-state index is -2.65. The van der Waals surface area contributed by atoms with Gasteiger partial charge in [-0.3, -0.25) is 4.98 Å². The summed E-state index contributed by atoms with van der Waals surface area (Å²) in [7, 11) is -2.65. The van der Waals surface area contributed by atoms with E-state index in [-0.39, 0.29) is 6.04 Å². The van der Waals surface area contributed by atoms with Crippen molar-refractivity contribution in [3.05, 3.63) is 48.3 Å². The average molecular weight is 275 g/mol. The third kappa shape index (κ3) is 3.19. The molecule has 0 spiro atoms. The highest BCUT2D eigenvalue weighted by Crippen LogP contribution is 2.21. The summed E-state index contributed by atoms with van der Waals surface area (Å²) in [5, 5.41) is 0. The van der Waals surface area contributed by atoms with E-state index in [4.69, 9.17) is 10.5 Å². The number of rotatable bonds is 3. The lowest BCUT2D eigenvalue weighted by atomic mass is 10.1. The number of pyridine rings is 1. The molecule has 5 heteroatoms. The van der Waals surface area contributed by atoms with Gasteiger partial charge in [-0.2, -0.15) is 0 Å². The number of hydrogen-bond donors (Lipinski definition) is 2. The molecule has 0 aliphatic rings. The van der Waals surface area contributed by atoms with Gasteiger partial charge in [-0.15, -0.1) is 0 Å². The van der Waals surface area contributed by atoms with E-state index in [1.165, 1.54) is 6.26 Å². The van der Waals surface area contributed by atoms with Crippen molar-refractivity contribution in [2.45, 2.75) is 17.9 Å². The topological polar surface area (TPSA) is 79.8 Å². The SMILES string of the molecule is CC(N)c1ccc(-c2ccc(S(C)(=N)=O)cc2)cn1. The van der Waals surface area contributed by atoms with Gasteiger partial charge in [0.15, 0.2) is 0 Å². The summed E-state index contributed by atoms with van der Waals surface area (Å²) in [5.74, 6) is 0. The predicted octanol–water partition coefficient (Wildman–Crippen LogP) is 2.80. The Kier molecular flexibility index (Phi) is 3.68. The van der Waals surface area contributed by atoms with Crippen molar-refractivity contribution in [3.63, 3.8) is 0 Å². The Morgan fingerprint density at radius 1 is 1.16 bits per heavy atom. The molecule has 3 N–H and O–H groups in total. The minimum absolute atomic E-state index is 0.0792. The lowest BCUT2D eigenvalue weighted by Crippen LogP contribution is -2.06. The molecule has 0 amide bonds. The fourth-order valence-electron chi connectivity index (χ4n) is 1.75. The Labute approximate surface area is 113 Å². The lowest BCUT2D eigenvalue weighted by Gasteiger charge is -2.07. The summed E-state index contributed by atoms with van der Waals surface area (Å²) in [6.07, 6.45) is 3.19. The van der Waals surface area contributed by atoms with Gasteiger partial charge in [-0.05, 0) is 30.7 Å². The fourth-order valence-corrected chi connectivity index (χ4v) is 2.41. The first-order chi connectivity index (χ1) is 8.88. The molecule has 100 valence electrons. The van der Waals surface area contributed by atoms with E-state index >= 15 is 0 Å². The van der Waals surface area contributed by atoms with E-state index in [1.807, 2.05) is 31.2 Å². The van der Waals surface area contributed by atoms with Crippen molar-refractivity contribution < 1.29 is 4.21 Å². The summed E-state index contributed by atoms with van der Waals surface area (Å²) in [6.45, 7) is 1.89. The molecule has 0 aliphatic heterocycles. The molecule has 1 aromatic heterocycles. The number of hydrogen-bond acceptors (Lipinski definition) is 4. The van der Waals surface area contributed by atoms with Crippen LogP contribution in [0.3, 0.4) is 0 Å². The first kappa shape index (κ1) is 13.7. The predicted molar refractivity (Wildman–Crippen MR) is 77.3 cm³/mol. The number of benzene rings is 1. The standard InChI is InChI=1S/C14H17N3OS/c1-10(15)14-8-5-12(9-17-14)11-3-6-13(7-4-11)19(2,16)18/h3-10,16H,15H2,1-2H3. The molecule has 2 aromatic rings. The Morgan fingerprint density at radius 3 is 2.16 bits per heavy atom. The van der Waals surface area contributed by atoms with Crippen LogP contribution in [0.25, 0.3) is 11.1 Å². The summed E-state index contributed by atoms with van der Waals surface area (Å²) in [5.41, 5.74) is 8.56. The van der Waals surface area contributed by atoms with E-state index in [9.17, 15) is 4.21 Å². The molecule has 0 saturated heterocycles. The van der Waals surface area contributed by atoms with Crippen molar-refractivity contribution in [1.82, 2.24) is 4.98 Å². The number of aromatic nitrogens is 1. The van der Waals surface area contributed by atoms with E-state index in [1.54, 1.807) is 18.3 Å². The molecule has 19 heavy (non-hydrogen) atoms. The lowest BCUT2D eigenvalue weighted by molar-refractivity contribution is 0.679. The molecular formula is C14H17N3OS. The molecule has 0 aliphatic carbocycles. The highest BCUT2D eigenvalue weighted by molar-refractivity contribution is 7.91. The van der Waals surface area contributed by atoms with Gasteiger partial charge in [0.25, 0.3) is 0 Å². The van der Waals surface area contributed by atoms with Crippen LogP contribution in [0.4, 0.5) is 0 Å². The summed E-state index contributed by atoms with van der Waals surface area (Å²) < 4.78 is 19.1. The van der Waals surface area contributed by atoms with Gasteiger partial charge in [0, 0.05) is 29.0 Å². The molecular weight excluding hydrogens is 258 g/mol. The second kappa shape index (κ2) is 5.11. The molecule has 1 aromatic carbocycles. The zero-order chi connectivity index (χ0) is 14.0. The van der Waals surface area contributed by atoms with Crippen LogP contribution in [0.5, 0.6) is 0 Å². The van der Waals surface area contributed by atoms with Crippen molar-refractivity contribution >= 4 is 9.73 Å². The quantitative estimate of drug-likeness (QED) is 0.904. The highest BCUT2D eigenvalue weighted by Gasteiger charge is 2.05. The second-order valence-corrected chi connectivity index (χ2v) is 6.79. The zero-order valence-corrected chi connectivity index (χ0v) is 11.8. The van der Waals surface area contributed by atoms with Crippen LogP contribution in [0.1, 0.15) is 18.7 Å². The third-order valence-electron chi connectivity index (χ3n) is 2.89. The smallest absolute Gasteiger partial charge is 0.0696 e. The van der Waals surface area contributed by atoms with Crippen LogP contribution in [-0.4, -0.2) is 15.4 Å². The Hall–Kier alpha value is -1.72. The Bertz CT molecular complexity index is 659. The molecule has 0 saturated carbocycles. The molecule has 4 nitrogen and oxygen atoms in total. The molecule has 2 atom stereocenters.